The number of aromatic nitrogens is 1. The van der Waals surface area contributed by atoms with Crippen LogP contribution in [0.2, 0.25) is 0 Å². The summed E-state index contributed by atoms with van der Waals surface area (Å²) in [7, 11) is 0. The summed E-state index contributed by atoms with van der Waals surface area (Å²) in [6.45, 7) is 6.83. The lowest BCUT2D eigenvalue weighted by atomic mass is 9.87. The van der Waals surface area contributed by atoms with Crippen LogP contribution in [0.25, 0.3) is 0 Å². The summed E-state index contributed by atoms with van der Waals surface area (Å²) in [4.78, 5) is 13.7. The third kappa shape index (κ3) is 3.49. The van der Waals surface area contributed by atoms with Gasteiger partial charge in [-0.1, -0.05) is 31.2 Å². The van der Waals surface area contributed by atoms with Gasteiger partial charge in [-0.25, -0.2) is 4.98 Å². The van der Waals surface area contributed by atoms with Crippen LogP contribution in [0.4, 0.5) is 5.13 Å². The van der Waals surface area contributed by atoms with Gasteiger partial charge in [-0.15, -0.1) is 11.3 Å². The third-order valence-electron chi connectivity index (χ3n) is 5.27. The lowest BCUT2D eigenvalue weighted by molar-refractivity contribution is 0.348. The first-order chi connectivity index (χ1) is 12.1. The summed E-state index contributed by atoms with van der Waals surface area (Å²) >= 11 is 1.69. The van der Waals surface area contributed by atoms with E-state index in [2.05, 4.69) is 46.0 Å². The number of thiazole rings is 1. The Labute approximate surface area is 153 Å². The van der Waals surface area contributed by atoms with E-state index in [9.17, 15) is 0 Å². The normalized spacial score (nSPS) is 20.0. The second kappa shape index (κ2) is 6.67. The molecular formula is C19H25N5S. The summed E-state index contributed by atoms with van der Waals surface area (Å²) in [6, 6.07) is 8.74. The van der Waals surface area contributed by atoms with E-state index in [-0.39, 0.29) is 5.41 Å². The maximum absolute atomic E-state index is 6.30. The average molecular weight is 356 g/mol. The minimum Gasteiger partial charge on any atom is -0.370 e. The second-order valence-corrected chi connectivity index (χ2v) is 8.27. The van der Waals surface area contributed by atoms with E-state index in [0.717, 1.165) is 50.7 Å². The number of nitrogens with two attached hydrogens (primary N) is 1. The van der Waals surface area contributed by atoms with Gasteiger partial charge in [-0.2, -0.15) is 0 Å². The van der Waals surface area contributed by atoms with E-state index >= 15 is 0 Å². The summed E-state index contributed by atoms with van der Waals surface area (Å²) in [5, 5.41) is 3.13. The van der Waals surface area contributed by atoms with Crippen LogP contribution in [0, 0.1) is 5.41 Å². The molecule has 4 rings (SSSR count). The fourth-order valence-electron chi connectivity index (χ4n) is 3.87. The maximum Gasteiger partial charge on any atom is 0.191 e. The highest BCUT2D eigenvalue weighted by Crippen LogP contribution is 2.36. The molecule has 1 saturated heterocycles. The highest BCUT2D eigenvalue weighted by atomic mass is 32.1. The zero-order valence-electron chi connectivity index (χ0n) is 14.7. The molecule has 1 aliphatic heterocycles. The molecule has 1 aromatic carbocycles. The van der Waals surface area contributed by atoms with Crippen molar-refractivity contribution < 1.29 is 0 Å². The highest BCUT2D eigenvalue weighted by molar-refractivity contribution is 7.13. The van der Waals surface area contributed by atoms with Gasteiger partial charge in [0.05, 0.1) is 0 Å². The molecule has 1 fully saturated rings. The first-order valence-electron chi connectivity index (χ1n) is 8.89. The quantitative estimate of drug-likeness (QED) is 0.678. The Hall–Kier alpha value is -2.08. The number of guanidine groups is 1. The van der Waals surface area contributed by atoms with Gasteiger partial charge in [0.2, 0.25) is 0 Å². The van der Waals surface area contributed by atoms with Crippen LogP contribution in [-0.4, -0.2) is 48.6 Å². The topological polar surface area (TPSA) is 57.8 Å². The number of hydrogen-bond acceptors (Lipinski definition) is 4. The lowest BCUT2D eigenvalue weighted by Crippen LogP contribution is -2.51. The van der Waals surface area contributed by atoms with Crippen LogP contribution in [0.15, 0.2) is 40.8 Å². The minimum absolute atomic E-state index is 0.191. The van der Waals surface area contributed by atoms with Gasteiger partial charge < -0.3 is 15.5 Å². The molecular weight excluding hydrogens is 330 g/mol. The van der Waals surface area contributed by atoms with Gasteiger partial charge in [0, 0.05) is 44.3 Å². The Morgan fingerprint density at radius 2 is 1.88 bits per heavy atom. The maximum atomic E-state index is 6.30. The van der Waals surface area contributed by atoms with E-state index in [1.54, 1.807) is 11.3 Å². The average Bonchev–Trinajstić information content (AvgIpc) is 3.27. The first-order valence-corrected chi connectivity index (χ1v) is 9.77. The molecule has 2 N–H and O–H groups in total. The van der Waals surface area contributed by atoms with Crippen LogP contribution >= 0.6 is 11.3 Å². The fourth-order valence-corrected chi connectivity index (χ4v) is 4.56. The van der Waals surface area contributed by atoms with Crippen molar-refractivity contribution in [2.75, 3.05) is 37.6 Å². The van der Waals surface area contributed by atoms with Crippen molar-refractivity contribution in [1.29, 1.82) is 0 Å². The van der Waals surface area contributed by atoms with Crippen LogP contribution in [0.5, 0.6) is 0 Å². The zero-order chi connectivity index (χ0) is 17.3. The minimum atomic E-state index is 0.191. The van der Waals surface area contributed by atoms with Crippen LogP contribution in [0.1, 0.15) is 18.1 Å². The number of aliphatic imine (C=N–C) groups is 1. The number of benzene rings is 1. The largest absolute Gasteiger partial charge is 0.370 e. The predicted octanol–water partition coefficient (Wildman–Crippen LogP) is 2.38. The molecule has 0 unspecified atom stereocenters. The van der Waals surface area contributed by atoms with E-state index in [0.29, 0.717) is 5.96 Å². The van der Waals surface area contributed by atoms with Crippen molar-refractivity contribution >= 4 is 22.4 Å². The number of hydrogen-bond donors (Lipinski definition) is 1. The molecule has 25 heavy (non-hydrogen) atoms. The Bertz CT molecular complexity index is 722. The molecule has 5 nitrogen and oxygen atoms in total. The fraction of sp³-hybridized carbons (Fsp3) is 0.474. The third-order valence-corrected chi connectivity index (χ3v) is 6.10. The number of rotatable bonds is 3. The molecule has 0 saturated carbocycles. The molecule has 2 aliphatic rings. The SMILES string of the molecule is CC1(CN=C(N)N2CCN(c3nccs3)CC2)Cc2ccccc2C1. The summed E-state index contributed by atoms with van der Waals surface area (Å²) in [6.07, 6.45) is 4.05. The van der Waals surface area contributed by atoms with Gasteiger partial charge in [-0.3, -0.25) is 4.99 Å². The number of fused-ring (bicyclic) bond motifs is 1. The van der Waals surface area contributed by atoms with Crippen molar-refractivity contribution in [2.45, 2.75) is 19.8 Å². The van der Waals surface area contributed by atoms with Gasteiger partial charge in [0.1, 0.15) is 0 Å². The Morgan fingerprint density at radius 3 is 2.48 bits per heavy atom. The molecule has 0 bridgehead atoms. The molecule has 0 amide bonds. The summed E-state index contributed by atoms with van der Waals surface area (Å²) in [5.41, 5.74) is 9.43. The summed E-state index contributed by atoms with van der Waals surface area (Å²) < 4.78 is 0. The van der Waals surface area contributed by atoms with Crippen LogP contribution in [-0.2, 0) is 12.8 Å². The van der Waals surface area contributed by atoms with Crippen molar-refractivity contribution in [3.63, 3.8) is 0 Å². The molecule has 0 atom stereocenters. The molecule has 2 aromatic rings. The monoisotopic (exact) mass is 355 g/mol. The van der Waals surface area contributed by atoms with Gasteiger partial charge in [0.25, 0.3) is 0 Å². The number of nitrogens with zero attached hydrogens (tertiary/aromatic N) is 4. The molecule has 6 heteroatoms. The van der Waals surface area contributed by atoms with E-state index in [1.165, 1.54) is 11.1 Å². The molecule has 132 valence electrons. The number of anilines is 1. The Kier molecular flexibility index (Phi) is 4.37. The van der Waals surface area contributed by atoms with Crippen molar-refractivity contribution in [2.24, 2.45) is 16.1 Å². The molecule has 0 radical (unpaired) electrons. The lowest BCUT2D eigenvalue weighted by Gasteiger charge is -2.35. The second-order valence-electron chi connectivity index (χ2n) is 7.40. The predicted molar refractivity (Wildman–Crippen MR) is 104 cm³/mol. The van der Waals surface area contributed by atoms with E-state index in [4.69, 9.17) is 10.7 Å². The van der Waals surface area contributed by atoms with E-state index < -0.39 is 0 Å². The van der Waals surface area contributed by atoms with E-state index in [1.807, 2.05) is 11.6 Å². The van der Waals surface area contributed by atoms with Crippen molar-refractivity contribution in [1.82, 2.24) is 9.88 Å². The Morgan fingerprint density at radius 1 is 1.20 bits per heavy atom. The van der Waals surface area contributed by atoms with Crippen LogP contribution < -0.4 is 10.6 Å². The van der Waals surface area contributed by atoms with Gasteiger partial charge >= 0.3 is 0 Å². The molecule has 0 spiro atoms. The first kappa shape index (κ1) is 16.4. The zero-order valence-corrected chi connectivity index (χ0v) is 15.5. The Balaban J connectivity index is 1.34. The molecule has 1 aliphatic carbocycles. The van der Waals surface area contributed by atoms with Crippen molar-refractivity contribution in [3.05, 3.63) is 47.0 Å². The van der Waals surface area contributed by atoms with Gasteiger partial charge in [-0.05, 0) is 29.4 Å². The molecule has 1 aromatic heterocycles. The van der Waals surface area contributed by atoms with Crippen LogP contribution in [0.3, 0.4) is 0 Å². The summed E-state index contributed by atoms with van der Waals surface area (Å²) in [5.74, 6) is 0.691. The molecule has 2 heterocycles. The highest BCUT2D eigenvalue weighted by Gasteiger charge is 2.32. The van der Waals surface area contributed by atoms with Crippen molar-refractivity contribution in [3.8, 4) is 0 Å². The van der Waals surface area contributed by atoms with Gasteiger partial charge in [0.15, 0.2) is 11.1 Å². The standard InChI is InChI=1S/C19H25N5S/c1-19(12-15-4-2-3-5-16(15)13-19)14-22-17(20)23-7-9-24(10-8-23)18-21-6-11-25-18/h2-6,11H,7-10,12-14H2,1H3,(H2,20,22). The smallest absolute Gasteiger partial charge is 0.191 e. The number of piperazine rings is 1.